The first-order valence-corrected chi connectivity index (χ1v) is 10.7. The van der Waals surface area contributed by atoms with Gasteiger partial charge in [0, 0.05) is 12.1 Å². The van der Waals surface area contributed by atoms with Gasteiger partial charge in [-0.05, 0) is 55.0 Å². The fourth-order valence-electron chi connectivity index (χ4n) is 3.58. The highest BCUT2D eigenvalue weighted by molar-refractivity contribution is 6.05. The monoisotopic (exact) mass is 462 g/mol. The summed E-state index contributed by atoms with van der Waals surface area (Å²) < 4.78 is 24.0. The molecule has 34 heavy (non-hydrogen) atoms. The van der Waals surface area contributed by atoms with Gasteiger partial charge >= 0.3 is 0 Å². The molecule has 2 amide bonds. The predicted octanol–water partition coefficient (Wildman–Crippen LogP) is 3.52. The average Bonchev–Trinajstić information content (AvgIpc) is 2.86. The van der Waals surface area contributed by atoms with Crippen LogP contribution in [0.2, 0.25) is 0 Å². The Hall–Kier alpha value is -4.20. The first kappa shape index (κ1) is 23.0. The highest BCUT2D eigenvalue weighted by atomic mass is 19.1. The second-order valence-corrected chi connectivity index (χ2v) is 7.78. The number of amides is 2. The van der Waals surface area contributed by atoms with E-state index in [0.717, 1.165) is 5.56 Å². The highest BCUT2D eigenvalue weighted by Gasteiger charge is 2.33. The number of carbonyl (C=O) groups excluding carboxylic acids is 3. The van der Waals surface area contributed by atoms with E-state index in [-0.39, 0.29) is 30.8 Å². The highest BCUT2D eigenvalue weighted by Crippen LogP contribution is 2.34. The summed E-state index contributed by atoms with van der Waals surface area (Å²) in [7, 11) is 0. The average molecular weight is 462 g/mol. The molecule has 3 aromatic carbocycles. The molecule has 0 spiro atoms. The van der Waals surface area contributed by atoms with E-state index in [4.69, 9.17) is 9.47 Å². The lowest BCUT2D eigenvalue weighted by atomic mass is 10.1. The summed E-state index contributed by atoms with van der Waals surface area (Å²) >= 11 is 0. The van der Waals surface area contributed by atoms with Crippen molar-refractivity contribution in [2.24, 2.45) is 0 Å². The first-order valence-electron chi connectivity index (χ1n) is 10.7. The van der Waals surface area contributed by atoms with Crippen LogP contribution in [0, 0.1) is 5.82 Å². The van der Waals surface area contributed by atoms with Gasteiger partial charge in [-0.2, -0.15) is 0 Å². The van der Waals surface area contributed by atoms with Crippen LogP contribution in [0.4, 0.5) is 10.1 Å². The van der Waals surface area contributed by atoms with Crippen molar-refractivity contribution < 1.29 is 28.2 Å². The van der Waals surface area contributed by atoms with Crippen molar-refractivity contribution in [2.45, 2.75) is 19.5 Å². The van der Waals surface area contributed by atoms with Gasteiger partial charge in [0.2, 0.25) is 5.91 Å². The summed E-state index contributed by atoms with van der Waals surface area (Å²) in [5.41, 5.74) is 1.57. The third kappa shape index (κ3) is 5.23. The molecule has 7 nitrogen and oxygen atoms in total. The minimum absolute atomic E-state index is 0.204. The molecule has 8 heteroatoms. The van der Waals surface area contributed by atoms with Crippen molar-refractivity contribution >= 4 is 23.3 Å². The number of hydrogen-bond donors (Lipinski definition) is 1. The van der Waals surface area contributed by atoms with E-state index >= 15 is 0 Å². The lowest BCUT2D eigenvalue weighted by Gasteiger charge is -2.33. The molecule has 3 aromatic rings. The van der Waals surface area contributed by atoms with Gasteiger partial charge in [0.25, 0.3) is 5.91 Å². The maximum Gasteiger partial charge on any atom is 0.265 e. The third-order valence-electron chi connectivity index (χ3n) is 5.42. The van der Waals surface area contributed by atoms with Crippen molar-refractivity contribution in [3.05, 3.63) is 89.7 Å². The number of Topliss-reactive ketones (excluding diaryl/α,β-unsaturated/α-hetero) is 1. The Morgan fingerprint density at radius 2 is 1.82 bits per heavy atom. The molecule has 0 unspecified atom stereocenters. The second kappa shape index (κ2) is 10.2. The number of halogens is 1. The van der Waals surface area contributed by atoms with Gasteiger partial charge in [0.15, 0.2) is 19.0 Å². The van der Waals surface area contributed by atoms with Crippen LogP contribution < -0.4 is 19.7 Å². The van der Waals surface area contributed by atoms with Crippen LogP contribution in [0.15, 0.2) is 72.8 Å². The molecular formula is C26H23FN2O5. The van der Waals surface area contributed by atoms with Crippen molar-refractivity contribution in [1.82, 2.24) is 5.32 Å². The zero-order valence-corrected chi connectivity index (χ0v) is 18.5. The Morgan fingerprint density at radius 1 is 1.09 bits per heavy atom. The maximum absolute atomic E-state index is 13.0. The lowest BCUT2D eigenvalue weighted by molar-refractivity contribution is -0.127. The normalized spacial score (nSPS) is 13.5. The Labute approximate surface area is 196 Å². The summed E-state index contributed by atoms with van der Waals surface area (Å²) in [6.45, 7) is 1.48. The van der Waals surface area contributed by atoms with E-state index in [9.17, 15) is 18.8 Å². The van der Waals surface area contributed by atoms with E-state index in [0.29, 0.717) is 29.3 Å². The number of nitrogens with zero attached hydrogens (tertiary/aromatic N) is 1. The van der Waals surface area contributed by atoms with Gasteiger partial charge in [-0.3, -0.25) is 19.3 Å². The van der Waals surface area contributed by atoms with Gasteiger partial charge in [0.1, 0.15) is 23.4 Å². The van der Waals surface area contributed by atoms with Gasteiger partial charge in [0.05, 0.1) is 5.69 Å². The summed E-state index contributed by atoms with van der Waals surface area (Å²) in [6.07, 6.45) is 0. The smallest absolute Gasteiger partial charge is 0.265 e. The fourth-order valence-corrected chi connectivity index (χ4v) is 3.58. The molecule has 1 atom stereocenters. The van der Waals surface area contributed by atoms with Crippen molar-refractivity contribution in [3.63, 3.8) is 0 Å². The minimum Gasteiger partial charge on any atom is -0.485 e. The standard InChI is InChI=1S/C26H23FN2O5/c1-17(26(32)28-14-18-5-3-2-4-6-18)29-22-13-19(7-12-24(22)34-16-25(29)31)23(30)15-33-21-10-8-20(27)9-11-21/h2-13,17H,14-16H2,1H3,(H,28,32)/t17-/m1/s1. The molecule has 0 bridgehead atoms. The molecule has 1 aliphatic rings. The Kier molecular flexibility index (Phi) is 6.87. The van der Waals surface area contributed by atoms with Gasteiger partial charge in [-0.25, -0.2) is 4.39 Å². The van der Waals surface area contributed by atoms with E-state index in [2.05, 4.69) is 5.32 Å². The Bertz CT molecular complexity index is 1200. The molecule has 0 saturated carbocycles. The van der Waals surface area contributed by atoms with Crippen LogP contribution in [-0.4, -0.2) is 36.9 Å². The molecule has 0 aliphatic carbocycles. The number of rotatable bonds is 8. The molecule has 1 aliphatic heterocycles. The number of nitrogens with one attached hydrogen (secondary N) is 1. The maximum atomic E-state index is 13.0. The summed E-state index contributed by atoms with van der Waals surface area (Å²) in [5.74, 6) is -0.704. The zero-order chi connectivity index (χ0) is 24.1. The van der Waals surface area contributed by atoms with E-state index in [1.807, 2.05) is 30.3 Å². The molecule has 0 radical (unpaired) electrons. The number of anilines is 1. The largest absolute Gasteiger partial charge is 0.485 e. The summed E-state index contributed by atoms with van der Waals surface area (Å²) in [4.78, 5) is 39.5. The van der Waals surface area contributed by atoms with Crippen LogP contribution in [0.25, 0.3) is 0 Å². The van der Waals surface area contributed by atoms with Gasteiger partial charge < -0.3 is 14.8 Å². The Balaban J connectivity index is 1.48. The molecule has 0 fully saturated rings. The number of ether oxygens (including phenoxy) is 2. The quantitative estimate of drug-likeness (QED) is 0.518. The van der Waals surface area contributed by atoms with Crippen LogP contribution in [-0.2, 0) is 16.1 Å². The van der Waals surface area contributed by atoms with E-state index < -0.39 is 11.9 Å². The van der Waals surface area contributed by atoms with E-state index in [1.165, 1.54) is 35.2 Å². The lowest BCUT2D eigenvalue weighted by Crippen LogP contribution is -2.51. The SMILES string of the molecule is C[C@H](C(=O)NCc1ccccc1)N1C(=O)COc2ccc(C(=O)COc3ccc(F)cc3)cc21. The first-order chi connectivity index (χ1) is 16.4. The zero-order valence-electron chi connectivity index (χ0n) is 18.5. The van der Waals surface area contributed by atoms with Gasteiger partial charge in [-0.1, -0.05) is 30.3 Å². The second-order valence-electron chi connectivity index (χ2n) is 7.78. The summed E-state index contributed by atoms with van der Waals surface area (Å²) in [6, 6.07) is 18.6. The van der Waals surface area contributed by atoms with Crippen LogP contribution >= 0.6 is 0 Å². The number of hydrogen-bond acceptors (Lipinski definition) is 5. The molecule has 0 saturated heterocycles. The summed E-state index contributed by atoms with van der Waals surface area (Å²) in [5, 5.41) is 2.84. The topological polar surface area (TPSA) is 84.9 Å². The molecular weight excluding hydrogens is 439 g/mol. The van der Waals surface area contributed by atoms with Crippen molar-refractivity contribution in [2.75, 3.05) is 18.1 Å². The Morgan fingerprint density at radius 3 is 2.56 bits per heavy atom. The molecule has 0 aromatic heterocycles. The van der Waals surface area contributed by atoms with Crippen LogP contribution in [0.5, 0.6) is 11.5 Å². The molecule has 174 valence electrons. The molecule has 4 rings (SSSR count). The fraction of sp³-hybridized carbons (Fsp3) is 0.192. The minimum atomic E-state index is -0.820. The van der Waals surface area contributed by atoms with Crippen LogP contribution in [0.3, 0.4) is 0 Å². The number of ketones is 1. The van der Waals surface area contributed by atoms with E-state index in [1.54, 1.807) is 19.1 Å². The molecule has 1 heterocycles. The number of benzene rings is 3. The predicted molar refractivity (Wildman–Crippen MR) is 123 cm³/mol. The van der Waals surface area contributed by atoms with Crippen molar-refractivity contribution in [1.29, 1.82) is 0 Å². The number of carbonyl (C=O) groups is 3. The van der Waals surface area contributed by atoms with Gasteiger partial charge in [-0.15, -0.1) is 0 Å². The molecule has 1 N–H and O–H groups in total. The number of fused-ring (bicyclic) bond motifs is 1. The third-order valence-corrected chi connectivity index (χ3v) is 5.42. The van der Waals surface area contributed by atoms with Crippen LogP contribution in [0.1, 0.15) is 22.8 Å². The van der Waals surface area contributed by atoms with Crippen molar-refractivity contribution in [3.8, 4) is 11.5 Å².